The Bertz CT molecular complexity index is 1200. The van der Waals surface area contributed by atoms with E-state index in [9.17, 15) is 4.79 Å². The third kappa shape index (κ3) is 6.16. The maximum Gasteiger partial charge on any atom is 0.241 e. The van der Waals surface area contributed by atoms with Crippen LogP contribution in [0.2, 0.25) is 5.02 Å². The number of halogens is 1. The lowest BCUT2D eigenvalue weighted by molar-refractivity contribution is -0.137. The quantitative estimate of drug-likeness (QED) is 0.457. The SMILES string of the molecule is CC(C)(C)c1ccc(-c2noc(CN3CCC(C(=O)N4CCN(c5cccc(Cl)c5)CC4)CC3)n2)cc1. The van der Waals surface area contributed by atoms with E-state index in [-0.39, 0.29) is 11.3 Å². The summed E-state index contributed by atoms with van der Waals surface area (Å²) in [5, 5.41) is 4.94. The lowest BCUT2D eigenvalue weighted by Gasteiger charge is -2.39. The molecule has 2 aromatic carbocycles. The molecule has 37 heavy (non-hydrogen) atoms. The number of piperidine rings is 1. The molecule has 1 amide bonds. The van der Waals surface area contributed by atoms with Gasteiger partial charge >= 0.3 is 0 Å². The molecule has 7 nitrogen and oxygen atoms in total. The van der Waals surface area contributed by atoms with Crippen LogP contribution in [0.15, 0.2) is 53.1 Å². The monoisotopic (exact) mass is 521 g/mol. The van der Waals surface area contributed by atoms with E-state index in [1.54, 1.807) is 0 Å². The van der Waals surface area contributed by atoms with Crippen molar-refractivity contribution in [1.29, 1.82) is 0 Å². The molecule has 2 aliphatic rings. The van der Waals surface area contributed by atoms with E-state index in [4.69, 9.17) is 16.1 Å². The highest BCUT2D eigenvalue weighted by Crippen LogP contribution is 2.27. The van der Waals surface area contributed by atoms with Crippen LogP contribution in [0.4, 0.5) is 5.69 Å². The van der Waals surface area contributed by atoms with E-state index in [1.807, 2.05) is 23.1 Å². The molecule has 2 aliphatic heterocycles. The number of hydrogen-bond donors (Lipinski definition) is 0. The molecule has 0 spiro atoms. The summed E-state index contributed by atoms with van der Waals surface area (Å²) in [5.41, 5.74) is 3.47. The smallest absolute Gasteiger partial charge is 0.241 e. The summed E-state index contributed by atoms with van der Waals surface area (Å²) in [6.07, 6.45) is 1.73. The van der Waals surface area contributed by atoms with E-state index in [0.29, 0.717) is 24.2 Å². The lowest BCUT2D eigenvalue weighted by atomic mass is 9.87. The highest BCUT2D eigenvalue weighted by atomic mass is 35.5. The number of amides is 1. The van der Waals surface area contributed by atoms with Crippen LogP contribution in [-0.4, -0.2) is 65.1 Å². The number of rotatable bonds is 5. The summed E-state index contributed by atoms with van der Waals surface area (Å²) in [7, 11) is 0. The summed E-state index contributed by atoms with van der Waals surface area (Å²) >= 11 is 6.15. The molecular weight excluding hydrogens is 486 g/mol. The Hall–Kier alpha value is -2.90. The molecule has 2 fully saturated rings. The van der Waals surface area contributed by atoms with Crippen molar-refractivity contribution in [2.75, 3.05) is 44.2 Å². The van der Waals surface area contributed by atoms with E-state index in [0.717, 1.165) is 68.4 Å². The fourth-order valence-corrected chi connectivity index (χ4v) is 5.39. The molecule has 8 heteroatoms. The fourth-order valence-electron chi connectivity index (χ4n) is 5.20. The predicted octanol–water partition coefficient (Wildman–Crippen LogP) is 5.25. The van der Waals surface area contributed by atoms with Crippen molar-refractivity contribution in [3.8, 4) is 11.4 Å². The molecule has 2 saturated heterocycles. The van der Waals surface area contributed by atoms with Crippen LogP contribution < -0.4 is 4.90 Å². The van der Waals surface area contributed by atoms with Gasteiger partial charge in [0.25, 0.3) is 0 Å². The van der Waals surface area contributed by atoms with Crippen LogP contribution >= 0.6 is 11.6 Å². The minimum absolute atomic E-state index is 0.0912. The van der Waals surface area contributed by atoms with Gasteiger partial charge in [-0.25, -0.2) is 0 Å². The minimum Gasteiger partial charge on any atom is -0.368 e. The Kier molecular flexibility index (Phi) is 7.54. The Morgan fingerprint density at radius 2 is 1.70 bits per heavy atom. The third-order valence-electron chi connectivity index (χ3n) is 7.54. The van der Waals surface area contributed by atoms with Crippen LogP contribution in [0, 0.1) is 5.92 Å². The second-order valence-electron chi connectivity index (χ2n) is 11.2. The zero-order chi connectivity index (χ0) is 26.0. The van der Waals surface area contributed by atoms with Crippen LogP contribution in [0.25, 0.3) is 11.4 Å². The highest BCUT2D eigenvalue weighted by Gasteiger charge is 2.31. The first-order valence-electron chi connectivity index (χ1n) is 13.2. The first kappa shape index (κ1) is 25.7. The maximum atomic E-state index is 13.2. The zero-order valence-electron chi connectivity index (χ0n) is 22.0. The number of aromatic nitrogens is 2. The first-order valence-corrected chi connectivity index (χ1v) is 13.6. The Labute approximate surface area is 224 Å². The largest absolute Gasteiger partial charge is 0.368 e. The van der Waals surface area contributed by atoms with Crippen molar-refractivity contribution in [3.63, 3.8) is 0 Å². The van der Waals surface area contributed by atoms with Gasteiger partial charge in [0.2, 0.25) is 17.6 Å². The van der Waals surface area contributed by atoms with Gasteiger partial charge in [0.1, 0.15) is 0 Å². The van der Waals surface area contributed by atoms with E-state index < -0.39 is 0 Å². The van der Waals surface area contributed by atoms with E-state index in [2.05, 4.69) is 71.0 Å². The number of carbonyl (C=O) groups excluding carboxylic acids is 1. The second-order valence-corrected chi connectivity index (χ2v) is 11.6. The van der Waals surface area contributed by atoms with Crippen molar-refractivity contribution in [2.24, 2.45) is 5.92 Å². The average molecular weight is 522 g/mol. The van der Waals surface area contributed by atoms with Crippen molar-refractivity contribution in [1.82, 2.24) is 19.9 Å². The van der Waals surface area contributed by atoms with Gasteiger partial charge in [-0.1, -0.05) is 67.9 Å². The van der Waals surface area contributed by atoms with Crippen molar-refractivity contribution >= 4 is 23.2 Å². The van der Waals surface area contributed by atoms with Crippen LogP contribution in [0.5, 0.6) is 0 Å². The van der Waals surface area contributed by atoms with Gasteiger partial charge in [-0.05, 0) is 55.1 Å². The van der Waals surface area contributed by atoms with Crippen LogP contribution in [0.1, 0.15) is 45.1 Å². The third-order valence-corrected chi connectivity index (χ3v) is 7.77. The number of piperazine rings is 1. The molecule has 196 valence electrons. The van der Waals surface area contributed by atoms with E-state index in [1.165, 1.54) is 5.56 Å². The normalized spacial score (nSPS) is 17.8. The first-order chi connectivity index (χ1) is 17.8. The Morgan fingerprint density at radius 3 is 2.35 bits per heavy atom. The molecule has 1 aromatic heterocycles. The number of anilines is 1. The summed E-state index contributed by atoms with van der Waals surface area (Å²) in [6, 6.07) is 16.3. The van der Waals surface area contributed by atoms with Crippen LogP contribution in [-0.2, 0) is 16.8 Å². The summed E-state index contributed by atoms with van der Waals surface area (Å²) in [4.78, 5) is 24.5. The molecule has 0 unspecified atom stereocenters. The second kappa shape index (κ2) is 10.8. The molecule has 3 heterocycles. The zero-order valence-corrected chi connectivity index (χ0v) is 22.7. The van der Waals surface area contributed by atoms with Gasteiger partial charge in [0.15, 0.2) is 0 Å². The summed E-state index contributed by atoms with van der Waals surface area (Å²) < 4.78 is 5.55. The number of benzene rings is 2. The van der Waals surface area contributed by atoms with Crippen molar-refractivity contribution in [3.05, 3.63) is 65.0 Å². The van der Waals surface area contributed by atoms with Crippen molar-refractivity contribution < 1.29 is 9.32 Å². The summed E-state index contributed by atoms with van der Waals surface area (Å²) in [6.45, 7) is 12.1. The molecular formula is C29H36ClN5O2. The highest BCUT2D eigenvalue weighted by molar-refractivity contribution is 6.30. The molecule has 3 aromatic rings. The van der Waals surface area contributed by atoms with Gasteiger partial charge in [-0.2, -0.15) is 4.98 Å². The molecule has 0 N–H and O–H groups in total. The molecule has 0 bridgehead atoms. The topological polar surface area (TPSA) is 65.7 Å². The number of nitrogens with zero attached hydrogens (tertiary/aromatic N) is 5. The lowest BCUT2D eigenvalue weighted by Crippen LogP contribution is -2.51. The van der Waals surface area contributed by atoms with Crippen LogP contribution in [0.3, 0.4) is 0 Å². The van der Waals surface area contributed by atoms with Gasteiger partial charge in [0.05, 0.1) is 6.54 Å². The van der Waals surface area contributed by atoms with Gasteiger partial charge in [-0.15, -0.1) is 0 Å². The molecule has 0 aliphatic carbocycles. The van der Waals surface area contributed by atoms with E-state index >= 15 is 0 Å². The number of hydrogen-bond acceptors (Lipinski definition) is 6. The summed E-state index contributed by atoms with van der Waals surface area (Å²) in [5.74, 6) is 1.63. The fraction of sp³-hybridized carbons (Fsp3) is 0.483. The minimum atomic E-state index is 0.0912. The number of carbonyl (C=O) groups is 1. The molecule has 0 radical (unpaired) electrons. The van der Waals surface area contributed by atoms with Gasteiger partial charge in [0, 0.05) is 48.4 Å². The molecule has 5 rings (SSSR count). The van der Waals surface area contributed by atoms with Gasteiger partial charge < -0.3 is 14.3 Å². The standard InChI is InChI=1S/C29H36ClN5O2/c1-29(2,3)23-9-7-21(8-10-23)27-31-26(37-32-27)20-33-13-11-22(12-14-33)28(36)35-17-15-34(16-18-35)25-6-4-5-24(30)19-25/h4-10,19,22H,11-18,20H2,1-3H3. The average Bonchev–Trinajstić information content (AvgIpc) is 3.37. The Morgan fingerprint density at radius 1 is 1.00 bits per heavy atom. The molecule has 0 atom stereocenters. The Balaban J connectivity index is 1.09. The molecule has 0 saturated carbocycles. The number of likely N-dealkylation sites (tertiary alicyclic amines) is 1. The van der Waals surface area contributed by atoms with Crippen molar-refractivity contribution in [2.45, 2.75) is 45.6 Å². The maximum absolute atomic E-state index is 13.2. The predicted molar refractivity (Wildman–Crippen MR) is 147 cm³/mol. The van der Waals surface area contributed by atoms with Gasteiger partial charge in [-0.3, -0.25) is 9.69 Å².